The molecule has 318 valence electrons. The predicted octanol–water partition coefficient (Wildman–Crippen LogP) is 16.5. The molecule has 0 saturated carbocycles. The van der Waals surface area contributed by atoms with Crippen molar-refractivity contribution in [3.05, 3.63) is 253 Å². The third-order valence-electron chi connectivity index (χ3n) is 13.3. The molecule has 1 aliphatic rings. The summed E-state index contributed by atoms with van der Waals surface area (Å²) in [7, 11) is 0. The van der Waals surface area contributed by atoms with Crippen molar-refractivity contribution in [2.45, 2.75) is 5.92 Å². The largest absolute Gasteiger partial charge is 0.255 e. The molecule has 0 amide bonds. The van der Waals surface area contributed by atoms with Crippen LogP contribution in [0.5, 0.6) is 0 Å². The Morgan fingerprint density at radius 1 is 0.324 bits per heavy atom. The lowest BCUT2D eigenvalue weighted by Gasteiger charge is -2.18. The highest BCUT2D eigenvalue weighted by molar-refractivity contribution is 7.26. The second-order valence-electron chi connectivity index (χ2n) is 17.3. The molecule has 13 rings (SSSR count). The molecule has 0 N–H and O–H groups in total. The van der Waals surface area contributed by atoms with Crippen molar-refractivity contribution in [1.29, 1.82) is 0 Å². The summed E-state index contributed by atoms with van der Waals surface area (Å²) in [4.78, 5) is 21.5. The van der Waals surface area contributed by atoms with Gasteiger partial charge in [0, 0.05) is 60.1 Å². The van der Waals surface area contributed by atoms with Gasteiger partial charge < -0.3 is 0 Å². The van der Waals surface area contributed by atoms with Gasteiger partial charge in [0.05, 0.1) is 5.69 Å². The Morgan fingerprint density at radius 3 is 1.56 bits per heavy atom. The van der Waals surface area contributed by atoms with Crippen LogP contribution in [-0.2, 0) is 0 Å². The van der Waals surface area contributed by atoms with Crippen molar-refractivity contribution in [3.63, 3.8) is 0 Å². The molecule has 1 atom stereocenters. The minimum atomic E-state index is 0.0745. The number of nitrogens with zero attached hydrogens (tertiary/aromatic N) is 4. The van der Waals surface area contributed by atoms with Crippen LogP contribution in [0.4, 0.5) is 0 Å². The summed E-state index contributed by atoms with van der Waals surface area (Å²) < 4.78 is 2.46. The van der Waals surface area contributed by atoms with Gasteiger partial charge in [-0.3, -0.25) is 4.98 Å². The van der Waals surface area contributed by atoms with E-state index < -0.39 is 0 Å². The Labute approximate surface area is 398 Å². The van der Waals surface area contributed by atoms with E-state index in [2.05, 4.69) is 194 Å². The van der Waals surface area contributed by atoms with Crippen molar-refractivity contribution in [2.75, 3.05) is 0 Å². The van der Waals surface area contributed by atoms with Crippen molar-refractivity contribution < 1.29 is 0 Å². The number of thiophene rings is 1. The molecule has 4 nitrogen and oxygen atoms in total. The Balaban J connectivity index is 1.11. The van der Waals surface area contributed by atoms with Gasteiger partial charge >= 0.3 is 0 Å². The standard InChI is InChI=1S/C63H40N4S/c1-6-19-40(20-7-1)45-33-34-47(41-21-8-2-9-22-41)52(37-45)46-38-53(63-66-61(43-25-12-4-13-26-43)65-62(67-63)44-27-14-5-15-28-44)60(64-39-46)51-31-18-32-54-57(51)59-55(68-54)36-35-50-48-29-16-17-30-49(48)56(58(50)59)42-23-10-3-11-24-42/h1-39,56H. The zero-order valence-corrected chi connectivity index (χ0v) is 37.6. The molecule has 0 bridgehead atoms. The second-order valence-corrected chi connectivity index (χ2v) is 18.3. The zero-order chi connectivity index (χ0) is 45.0. The molecular formula is C63H40N4S. The van der Waals surface area contributed by atoms with E-state index in [0.717, 1.165) is 61.3 Å². The summed E-state index contributed by atoms with van der Waals surface area (Å²) in [6, 6.07) is 81.8. The fourth-order valence-corrected chi connectivity index (χ4v) is 11.3. The van der Waals surface area contributed by atoms with Crippen LogP contribution in [0.2, 0.25) is 0 Å². The lowest BCUT2D eigenvalue weighted by molar-refractivity contribution is 1.03. The minimum Gasteiger partial charge on any atom is -0.255 e. The monoisotopic (exact) mass is 884 g/mol. The van der Waals surface area contributed by atoms with Gasteiger partial charge in [0.1, 0.15) is 0 Å². The number of rotatable bonds is 8. The number of benzene rings is 9. The maximum absolute atomic E-state index is 5.59. The third-order valence-corrected chi connectivity index (χ3v) is 14.4. The number of pyridine rings is 1. The Kier molecular flexibility index (Phi) is 9.73. The molecule has 12 aromatic rings. The molecule has 9 aromatic carbocycles. The van der Waals surface area contributed by atoms with E-state index in [9.17, 15) is 0 Å². The summed E-state index contributed by atoms with van der Waals surface area (Å²) in [5, 5.41) is 2.46. The van der Waals surface area contributed by atoms with Crippen molar-refractivity contribution >= 4 is 31.5 Å². The molecule has 0 fully saturated rings. The maximum Gasteiger partial charge on any atom is 0.166 e. The molecule has 5 heteroatoms. The topological polar surface area (TPSA) is 51.6 Å². The SMILES string of the molecule is c1ccc(-c2ccc(-c3ccccc3)c(-c3cnc(-c4cccc5sc6ccc7c(c6c45)C(c4ccccc4)c4ccccc4-7)c(-c4nc(-c5ccccc5)nc(-c5ccccc5)n4)c3)c2)cc1. The molecule has 3 heterocycles. The van der Waals surface area contributed by atoms with Crippen molar-refractivity contribution in [1.82, 2.24) is 19.9 Å². The molecule has 1 aliphatic carbocycles. The molecule has 0 radical (unpaired) electrons. The molecule has 0 saturated heterocycles. The van der Waals surface area contributed by atoms with Gasteiger partial charge in [-0.2, -0.15) is 0 Å². The predicted molar refractivity (Wildman–Crippen MR) is 281 cm³/mol. The first-order valence-electron chi connectivity index (χ1n) is 23.0. The lowest BCUT2D eigenvalue weighted by Crippen LogP contribution is -2.03. The maximum atomic E-state index is 5.59. The van der Waals surface area contributed by atoms with E-state index >= 15 is 0 Å². The van der Waals surface area contributed by atoms with Crippen LogP contribution in [0, 0.1) is 0 Å². The number of hydrogen-bond donors (Lipinski definition) is 0. The van der Waals surface area contributed by atoms with Crippen LogP contribution in [0.1, 0.15) is 22.6 Å². The van der Waals surface area contributed by atoms with Gasteiger partial charge in [0.15, 0.2) is 17.5 Å². The molecule has 68 heavy (non-hydrogen) atoms. The average Bonchev–Trinajstić information content (AvgIpc) is 3.98. The van der Waals surface area contributed by atoms with Gasteiger partial charge in [-0.25, -0.2) is 15.0 Å². The van der Waals surface area contributed by atoms with E-state index in [-0.39, 0.29) is 5.92 Å². The third kappa shape index (κ3) is 6.83. The first kappa shape index (κ1) is 39.7. The molecular weight excluding hydrogens is 845 g/mol. The van der Waals surface area contributed by atoms with Crippen LogP contribution in [0.3, 0.4) is 0 Å². The quantitative estimate of drug-likeness (QED) is 0.153. The highest BCUT2D eigenvalue weighted by atomic mass is 32.1. The van der Waals surface area contributed by atoms with E-state index in [1.54, 1.807) is 0 Å². The highest BCUT2D eigenvalue weighted by Gasteiger charge is 2.33. The van der Waals surface area contributed by atoms with Crippen LogP contribution in [0.15, 0.2) is 237 Å². The molecule has 1 unspecified atom stereocenters. The van der Waals surface area contributed by atoms with Crippen LogP contribution < -0.4 is 0 Å². The fraction of sp³-hybridized carbons (Fsp3) is 0.0159. The Morgan fingerprint density at radius 2 is 0.868 bits per heavy atom. The molecule has 0 spiro atoms. The minimum absolute atomic E-state index is 0.0745. The second kappa shape index (κ2) is 16.7. The summed E-state index contributed by atoms with van der Waals surface area (Å²) in [5.74, 6) is 1.83. The summed E-state index contributed by atoms with van der Waals surface area (Å²) in [5.41, 5.74) is 17.6. The van der Waals surface area contributed by atoms with E-state index in [4.69, 9.17) is 19.9 Å². The fourth-order valence-electron chi connectivity index (χ4n) is 10.2. The molecule has 0 aliphatic heterocycles. The van der Waals surface area contributed by atoms with Gasteiger partial charge in [0.25, 0.3) is 0 Å². The number of fused-ring (bicyclic) bond motifs is 7. The Hall–Kier alpha value is -8.64. The van der Waals surface area contributed by atoms with E-state index in [1.165, 1.54) is 48.0 Å². The van der Waals surface area contributed by atoms with Crippen LogP contribution in [0.25, 0.3) is 110 Å². The zero-order valence-electron chi connectivity index (χ0n) is 36.8. The van der Waals surface area contributed by atoms with Crippen molar-refractivity contribution in [3.8, 4) is 89.9 Å². The van der Waals surface area contributed by atoms with Gasteiger partial charge in [-0.15, -0.1) is 11.3 Å². The smallest absolute Gasteiger partial charge is 0.166 e. The van der Waals surface area contributed by atoms with Gasteiger partial charge in [-0.1, -0.05) is 206 Å². The first-order valence-corrected chi connectivity index (χ1v) is 23.8. The summed E-state index contributed by atoms with van der Waals surface area (Å²) in [6.45, 7) is 0. The lowest BCUT2D eigenvalue weighted by atomic mass is 9.86. The number of aromatic nitrogens is 4. The number of hydrogen-bond acceptors (Lipinski definition) is 5. The van der Waals surface area contributed by atoms with Crippen molar-refractivity contribution in [2.24, 2.45) is 0 Å². The first-order chi connectivity index (χ1) is 33.7. The van der Waals surface area contributed by atoms with Crippen LogP contribution in [-0.4, -0.2) is 19.9 Å². The summed E-state index contributed by atoms with van der Waals surface area (Å²) in [6.07, 6.45) is 2.05. The Bertz CT molecular complexity index is 3780. The normalized spacial score (nSPS) is 12.9. The van der Waals surface area contributed by atoms with Crippen LogP contribution >= 0.6 is 11.3 Å². The van der Waals surface area contributed by atoms with Gasteiger partial charge in [-0.05, 0) is 79.9 Å². The molecule has 3 aromatic heterocycles. The van der Waals surface area contributed by atoms with Gasteiger partial charge in [0.2, 0.25) is 0 Å². The highest BCUT2D eigenvalue weighted by Crippen LogP contribution is 2.55. The summed E-state index contributed by atoms with van der Waals surface area (Å²) >= 11 is 1.84. The average molecular weight is 885 g/mol. The van der Waals surface area contributed by atoms with E-state index in [1.807, 2.05) is 53.9 Å². The van der Waals surface area contributed by atoms with E-state index in [0.29, 0.717) is 17.5 Å².